The fourth-order valence-electron chi connectivity index (χ4n) is 1.17. The van der Waals surface area contributed by atoms with Gasteiger partial charge >= 0.3 is 0 Å². The maximum Gasteiger partial charge on any atom is 0.147 e. The topological polar surface area (TPSA) is 35.4 Å². The summed E-state index contributed by atoms with van der Waals surface area (Å²) in [5.74, 6) is 0. The first-order valence-corrected chi connectivity index (χ1v) is 5.43. The summed E-state index contributed by atoms with van der Waals surface area (Å²) in [6, 6.07) is 9.72. The van der Waals surface area contributed by atoms with Crippen molar-refractivity contribution >= 4 is 17.1 Å². The average Bonchev–Trinajstić information content (AvgIpc) is 2.44. The molecule has 0 aromatic heterocycles. The molecular formula is C11H9NOS. The zero-order valence-electron chi connectivity index (χ0n) is 7.46. The van der Waals surface area contributed by atoms with Gasteiger partial charge in [-0.2, -0.15) is 0 Å². The number of rotatable bonds is 1. The van der Waals surface area contributed by atoms with Crippen LogP contribution in [-0.4, -0.2) is 10.3 Å². The van der Waals surface area contributed by atoms with Gasteiger partial charge in [0.25, 0.3) is 0 Å². The van der Waals surface area contributed by atoms with Crippen LogP contribution in [0.5, 0.6) is 0 Å². The van der Waals surface area contributed by atoms with Gasteiger partial charge in [0.2, 0.25) is 0 Å². The number of nitrogens with zero attached hydrogens (tertiary/aromatic N) is 1. The first-order chi connectivity index (χ1) is 6.86. The predicted octanol–water partition coefficient (Wildman–Crippen LogP) is 2.22. The molecule has 2 rings (SSSR count). The molecule has 0 radical (unpaired) electrons. The fourth-order valence-corrected chi connectivity index (χ4v) is 1.82. The van der Waals surface area contributed by atoms with E-state index in [0.717, 1.165) is 11.3 Å². The number of hydrogen-bond acceptors (Lipinski definition) is 2. The molecule has 0 saturated carbocycles. The molecule has 70 valence electrons. The molecule has 0 amide bonds. The molecule has 14 heavy (non-hydrogen) atoms. The molecule has 0 N–H and O–H groups in total. The molecule has 0 aliphatic carbocycles. The highest BCUT2D eigenvalue weighted by Gasteiger charge is 2.07. The van der Waals surface area contributed by atoms with E-state index in [1.165, 1.54) is 0 Å². The van der Waals surface area contributed by atoms with Gasteiger partial charge in [-0.25, -0.2) is 0 Å². The van der Waals surface area contributed by atoms with E-state index in [2.05, 4.69) is 4.40 Å². The molecule has 1 aliphatic heterocycles. The van der Waals surface area contributed by atoms with Gasteiger partial charge in [-0.05, 0) is 12.2 Å². The summed E-state index contributed by atoms with van der Waals surface area (Å²) in [5, 5.41) is 1.56. The highest BCUT2D eigenvalue weighted by molar-refractivity contribution is 7.93. The Balaban J connectivity index is 2.35. The summed E-state index contributed by atoms with van der Waals surface area (Å²) in [4.78, 5) is 0. The quantitative estimate of drug-likeness (QED) is 0.644. The Bertz CT molecular complexity index is 395. The van der Waals surface area contributed by atoms with Crippen LogP contribution in [0.3, 0.4) is 0 Å². The summed E-state index contributed by atoms with van der Waals surface area (Å²) < 4.78 is 15.3. The molecule has 0 saturated heterocycles. The molecule has 1 aromatic carbocycles. The van der Waals surface area contributed by atoms with E-state index in [1.54, 1.807) is 11.5 Å². The standard InChI is InChI=1S/C11H9NOS/c13-14-9-5-4-8-11(12-14)10-6-2-1-3-7-10/h1-9H. The van der Waals surface area contributed by atoms with Gasteiger partial charge in [-0.1, -0.05) is 40.8 Å². The van der Waals surface area contributed by atoms with E-state index in [-0.39, 0.29) is 0 Å². The van der Waals surface area contributed by atoms with Crippen molar-refractivity contribution < 1.29 is 4.55 Å². The molecule has 2 nitrogen and oxygen atoms in total. The van der Waals surface area contributed by atoms with Gasteiger partial charge in [-0.3, -0.25) is 0 Å². The van der Waals surface area contributed by atoms with Crippen LogP contribution in [0.1, 0.15) is 5.56 Å². The molecule has 1 unspecified atom stereocenters. The first-order valence-electron chi connectivity index (χ1n) is 4.26. The summed E-state index contributed by atoms with van der Waals surface area (Å²) in [5.41, 5.74) is 1.75. The van der Waals surface area contributed by atoms with Crippen molar-refractivity contribution in [2.75, 3.05) is 0 Å². The normalized spacial score (nSPS) is 20.4. The molecular weight excluding hydrogens is 194 g/mol. The van der Waals surface area contributed by atoms with Crippen molar-refractivity contribution in [2.24, 2.45) is 4.40 Å². The summed E-state index contributed by atoms with van der Waals surface area (Å²) in [6.07, 6.45) is 5.45. The second-order valence-corrected chi connectivity index (χ2v) is 3.81. The van der Waals surface area contributed by atoms with Crippen molar-refractivity contribution in [3.8, 4) is 0 Å². The molecule has 1 heterocycles. The van der Waals surface area contributed by atoms with Crippen LogP contribution in [0.15, 0.2) is 58.4 Å². The fraction of sp³-hybridized carbons (Fsp3) is 0. The van der Waals surface area contributed by atoms with Crippen molar-refractivity contribution in [1.82, 2.24) is 0 Å². The van der Waals surface area contributed by atoms with E-state index in [9.17, 15) is 4.55 Å². The third-order valence-electron chi connectivity index (χ3n) is 1.82. The van der Waals surface area contributed by atoms with E-state index in [4.69, 9.17) is 0 Å². The van der Waals surface area contributed by atoms with E-state index < -0.39 is 11.4 Å². The largest absolute Gasteiger partial charge is 0.587 e. The van der Waals surface area contributed by atoms with Crippen molar-refractivity contribution in [1.29, 1.82) is 0 Å². The molecule has 0 bridgehead atoms. The van der Waals surface area contributed by atoms with Gasteiger partial charge in [0.1, 0.15) is 22.5 Å². The lowest BCUT2D eigenvalue weighted by molar-refractivity contribution is 0.605. The molecule has 1 atom stereocenters. The molecule has 0 spiro atoms. The third-order valence-corrected chi connectivity index (χ3v) is 2.58. The zero-order chi connectivity index (χ0) is 9.80. The van der Waals surface area contributed by atoms with Crippen molar-refractivity contribution in [2.45, 2.75) is 0 Å². The van der Waals surface area contributed by atoms with E-state index in [1.807, 2.05) is 42.5 Å². The van der Waals surface area contributed by atoms with Gasteiger partial charge in [0.05, 0.1) is 0 Å². The number of hydrogen-bond donors (Lipinski definition) is 0. The Labute approximate surface area is 86.0 Å². The lowest BCUT2D eigenvalue weighted by atomic mass is 10.1. The highest BCUT2D eigenvalue weighted by Crippen LogP contribution is 2.09. The van der Waals surface area contributed by atoms with Crippen LogP contribution in [0.4, 0.5) is 0 Å². The van der Waals surface area contributed by atoms with Crippen molar-refractivity contribution in [3.05, 3.63) is 59.5 Å². The zero-order valence-corrected chi connectivity index (χ0v) is 8.28. The minimum atomic E-state index is -1.24. The Morgan fingerprint density at radius 1 is 1.07 bits per heavy atom. The van der Waals surface area contributed by atoms with Crippen LogP contribution in [0.25, 0.3) is 0 Å². The first kappa shape index (κ1) is 9.24. The smallest absolute Gasteiger partial charge is 0.147 e. The summed E-state index contributed by atoms with van der Waals surface area (Å²) >= 11 is -1.24. The maximum atomic E-state index is 11.3. The van der Waals surface area contributed by atoms with Crippen LogP contribution >= 0.6 is 0 Å². The SMILES string of the molecule is [O-][S+]1C=CC=CC(c2ccccc2)=N1. The molecule has 3 heteroatoms. The number of benzene rings is 1. The average molecular weight is 203 g/mol. The van der Waals surface area contributed by atoms with Gasteiger partial charge in [0.15, 0.2) is 0 Å². The van der Waals surface area contributed by atoms with E-state index >= 15 is 0 Å². The minimum Gasteiger partial charge on any atom is -0.587 e. The monoisotopic (exact) mass is 203 g/mol. The molecule has 1 aliphatic rings. The second-order valence-electron chi connectivity index (χ2n) is 2.81. The third kappa shape index (κ3) is 2.13. The predicted molar refractivity (Wildman–Crippen MR) is 59.4 cm³/mol. The van der Waals surface area contributed by atoms with Crippen LogP contribution in [0.2, 0.25) is 0 Å². The minimum absolute atomic E-state index is 0.758. The van der Waals surface area contributed by atoms with E-state index in [0.29, 0.717) is 0 Å². The molecule has 0 fully saturated rings. The summed E-state index contributed by atoms with van der Waals surface area (Å²) in [7, 11) is 0. The van der Waals surface area contributed by atoms with Gasteiger partial charge < -0.3 is 4.55 Å². The van der Waals surface area contributed by atoms with Crippen LogP contribution in [-0.2, 0) is 11.4 Å². The van der Waals surface area contributed by atoms with Gasteiger partial charge in [-0.15, -0.1) is 0 Å². The Morgan fingerprint density at radius 3 is 2.64 bits per heavy atom. The highest BCUT2D eigenvalue weighted by atomic mass is 32.2. The van der Waals surface area contributed by atoms with Gasteiger partial charge in [0, 0.05) is 5.56 Å². The van der Waals surface area contributed by atoms with Crippen LogP contribution < -0.4 is 0 Å². The lowest BCUT2D eigenvalue weighted by Gasteiger charge is -1.99. The maximum absolute atomic E-state index is 11.3. The summed E-state index contributed by atoms with van der Waals surface area (Å²) in [6.45, 7) is 0. The Hall–Kier alpha value is -1.32. The lowest BCUT2D eigenvalue weighted by Crippen LogP contribution is -1.99. The Morgan fingerprint density at radius 2 is 1.86 bits per heavy atom. The Kier molecular flexibility index (Phi) is 2.81. The number of allylic oxidation sites excluding steroid dienone is 3. The van der Waals surface area contributed by atoms with Crippen molar-refractivity contribution in [3.63, 3.8) is 0 Å². The second kappa shape index (κ2) is 4.26. The molecule has 1 aromatic rings. The van der Waals surface area contributed by atoms with Crippen LogP contribution in [0, 0.1) is 0 Å².